The SMILES string of the molecule is CCC1CCCCN1CC(=O)N1CCN(c2cccc(Cl)c2)C(=O)C1. The Morgan fingerprint density at radius 2 is 2.08 bits per heavy atom. The van der Waals surface area contributed by atoms with Crippen LogP contribution < -0.4 is 4.90 Å². The van der Waals surface area contributed by atoms with Gasteiger partial charge in [0.25, 0.3) is 0 Å². The molecule has 0 spiro atoms. The van der Waals surface area contributed by atoms with Crippen LogP contribution in [0.4, 0.5) is 5.69 Å². The predicted octanol–water partition coefficient (Wildman–Crippen LogP) is 2.78. The summed E-state index contributed by atoms with van der Waals surface area (Å²) in [4.78, 5) is 30.9. The van der Waals surface area contributed by atoms with Crippen LogP contribution in [0.15, 0.2) is 24.3 Å². The minimum atomic E-state index is -0.0486. The van der Waals surface area contributed by atoms with Gasteiger partial charge in [0, 0.05) is 29.8 Å². The first kappa shape index (κ1) is 18.2. The van der Waals surface area contributed by atoms with Crippen molar-refractivity contribution in [1.82, 2.24) is 9.80 Å². The van der Waals surface area contributed by atoms with Gasteiger partial charge in [0.2, 0.25) is 11.8 Å². The van der Waals surface area contributed by atoms with Crippen LogP contribution in [-0.4, -0.2) is 60.4 Å². The van der Waals surface area contributed by atoms with Crippen molar-refractivity contribution < 1.29 is 9.59 Å². The number of halogens is 1. The molecule has 0 aliphatic carbocycles. The zero-order valence-electron chi connectivity index (χ0n) is 14.8. The Balaban J connectivity index is 1.58. The number of likely N-dealkylation sites (tertiary alicyclic amines) is 1. The zero-order valence-corrected chi connectivity index (χ0v) is 15.5. The molecule has 0 N–H and O–H groups in total. The van der Waals surface area contributed by atoms with Crippen LogP contribution in [-0.2, 0) is 9.59 Å². The van der Waals surface area contributed by atoms with Gasteiger partial charge in [0.05, 0.1) is 6.54 Å². The number of benzene rings is 1. The molecule has 0 aromatic heterocycles. The van der Waals surface area contributed by atoms with Crippen molar-refractivity contribution in [2.24, 2.45) is 0 Å². The maximum atomic E-state index is 12.7. The number of carbonyl (C=O) groups excluding carboxylic acids is 2. The highest BCUT2D eigenvalue weighted by Gasteiger charge is 2.30. The summed E-state index contributed by atoms with van der Waals surface area (Å²) in [7, 11) is 0. The van der Waals surface area contributed by atoms with Gasteiger partial charge < -0.3 is 9.80 Å². The molecule has 0 bridgehead atoms. The first-order chi connectivity index (χ1) is 12.1. The van der Waals surface area contributed by atoms with Gasteiger partial charge in [-0.3, -0.25) is 14.5 Å². The molecule has 25 heavy (non-hydrogen) atoms. The Labute approximate surface area is 154 Å². The Morgan fingerprint density at radius 3 is 2.80 bits per heavy atom. The third kappa shape index (κ3) is 4.33. The summed E-state index contributed by atoms with van der Waals surface area (Å²) < 4.78 is 0. The molecule has 0 saturated carbocycles. The standard InChI is InChI=1S/C19H26ClN3O2/c1-2-16-7-3-4-9-21(16)13-18(24)22-10-11-23(19(25)14-22)17-8-5-6-15(20)12-17/h5-6,8,12,16H,2-4,7,9-11,13-14H2,1H3. The average Bonchev–Trinajstić information content (AvgIpc) is 2.62. The summed E-state index contributed by atoms with van der Waals surface area (Å²) in [5.41, 5.74) is 0.798. The Hall–Kier alpha value is -1.59. The Kier molecular flexibility index (Phi) is 5.97. The third-order valence-corrected chi connectivity index (χ3v) is 5.49. The zero-order chi connectivity index (χ0) is 17.8. The van der Waals surface area contributed by atoms with Crippen molar-refractivity contribution in [2.75, 3.05) is 37.6 Å². The summed E-state index contributed by atoms with van der Waals surface area (Å²) in [5.74, 6) is 0.0204. The largest absolute Gasteiger partial charge is 0.330 e. The summed E-state index contributed by atoms with van der Waals surface area (Å²) in [6.45, 7) is 4.84. The van der Waals surface area contributed by atoms with E-state index >= 15 is 0 Å². The minimum Gasteiger partial charge on any atom is -0.330 e. The molecule has 136 valence electrons. The molecule has 1 atom stereocenters. The number of hydrogen-bond acceptors (Lipinski definition) is 3. The number of piperazine rings is 1. The minimum absolute atomic E-state index is 0.0486. The van der Waals surface area contributed by atoms with E-state index in [0.29, 0.717) is 30.7 Å². The highest BCUT2D eigenvalue weighted by Crippen LogP contribution is 2.22. The van der Waals surface area contributed by atoms with Gasteiger partial charge in [-0.1, -0.05) is 31.0 Å². The van der Waals surface area contributed by atoms with Gasteiger partial charge in [0.15, 0.2) is 0 Å². The van der Waals surface area contributed by atoms with Crippen LogP contribution >= 0.6 is 11.6 Å². The fourth-order valence-electron chi connectivity index (χ4n) is 3.81. The molecule has 3 rings (SSSR count). The average molecular weight is 364 g/mol. The second kappa shape index (κ2) is 8.19. The lowest BCUT2D eigenvalue weighted by Crippen LogP contribution is -2.55. The fraction of sp³-hybridized carbons (Fsp3) is 0.579. The molecule has 1 aromatic carbocycles. The van der Waals surface area contributed by atoms with E-state index in [1.807, 2.05) is 12.1 Å². The van der Waals surface area contributed by atoms with Crippen LogP contribution in [0.1, 0.15) is 32.6 Å². The molecule has 2 heterocycles. The fourth-order valence-corrected chi connectivity index (χ4v) is 3.99. The molecule has 2 aliphatic heterocycles. The third-order valence-electron chi connectivity index (χ3n) is 5.25. The van der Waals surface area contributed by atoms with Gasteiger partial charge in [-0.2, -0.15) is 0 Å². The van der Waals surface area contributed by atoms with Gasteiger partial charge in [-0.25, -0.2) is 0 Å². The van der Waals surface area contributed by atoms with Crippen LogP contribution in [0, 0.1) is 0 Å². The highest BCUT2D eigenvalue weighted by molar-refractivity contribution is 6.30. The molecule has 6 heteroatoms. The molecule has 2 aliphatic rings. The van der Waals surface area contributed by atoms with Crippen molar-refractivity contribution in [1.29, 1.82) is 0 Å². The van der Waals surface area contributed by atoms with Gasteiger partial charge in [0.1, 0.15) is 6.54 Å². The monoisotopic (exact) mass is 363 g/mol. The van der Waals surface area contributed by atoms with E-state index in [9.17, 15) is 9.59 Å². The number of piperidine rings is 1. The number of nitrogens with zero attached hydrogens (tertiary/aromatic N) is 3. The maximum Gasteiger partial charge on any atom is 0.246 e. The van der Waals surface area contributed by atoms with Crippen molar-refractivity contribution in [2.45, 2.75) is 38.6 Å². The smallest absolute Gasteiger partial charge is 0.246 e. The summed E-state index contributed by atoms with van der Waals surface area (Å²) in [6.07, 6.45) is 4.66. The normalized spacial score (nSPS) is 22.3. The maximum absolute atomic E-state index is 12.7. The lowest BCUT2D eigenvalue weighted by molar-refractivity contribution is -0.138. The van der Waals surface area contributed by atoms with Crippen molar-refractivity contribution >= 4 is 29.1 Å². The van der Waals surface area contributed by atoms with E-state index in [0.717, 1.165) is 25.1 Å². The quantitative estimate of drug-likeness (QED) is 0.826. The van der Waals surface area contributed by atoms with Crippen molar-refractivity contribution in [3.05, 3.63) is 29.3 Å². The van der Waals surface area contributed by atoms with E-state index in [4.69, 9.17) is 11.6 Å². The van der Waals surface area contributed by atoms with Crippen LogP contribution in [0.25, 0.3) is 0 Å². The number of amides is 2. The number of hydrogen-bond donors (Lipinski definition) is 0. The van der Waals surface area contributed by atoms with Crippen molar-refractivity contribution in [3.8, 4) is 0 Å². The summed E-state index contributed by atoms with van der Waals surface area (Å²) in [6, 6.07) is 7.79. The number of rotatable bonds is 4. The first-order valence-corrected chi connectivity index (χ1v) is 9.54. The number of anilines is 1. The summed E-state index contributed by atoms with van der Waals surface area (Å²) in [5, 5.41) is 0.611. The molecule has 1 aromatic rings. The molecular weight excluding hydrogens is 338 g/mol. The second-order valence-electron chi connectivity index (χ2n) is 6.87. The molecule has 2 saturated heterocycles. The van der Waals surface area contributed by atoms with E-state index < -0.39 is 0 Å². The van der Waals surface area contributed by atoms with Crippen LogP contribution in [0.3, 0.4) is 0 Å². The summed E-state index contributed by atoms with van der Waals surface area (Å²) >= 11 is 6.02. The number of carbonyl (C=O) groups is 2. The van der Waals surface area contributed by atoms with E-state index in [1.54, 1.807) is 21.9 Å². The van der Waals surface area contributed by atoms with Gasteiger partial charge in [-0.05, 0) is 44.0 Å². The topological polar surface area (TPSA) is 43.9 Å². The lowest BCUT2D eigenvalue weighted by atomic mass is 10.00. The lowest BCUT2D eigenvalue weighted by Gasteiger charge is -2.38. The molecular formula is C19H26ClN3O2. The van der Waals surface area contributed by atoms with Crippen molar-refractivity contribution in [3.63, 3.8) is 0 Å². The molecule has 2 amide bonds. The molecule has 0 radical (unpaired) electrons. The van der Waals surface area contributed by atoms with E-state index in [2.05, 4.69) is 11.8 Å². The van der Waals surface area contributed by atoms with Crippen LogP contribution in [0.2, 0.25) is 5.02 Å². The Morgan fingerprint density at radius 1 is 1.24 bits per heavy atom. The van der Waals surface area contributed by atoms with Crippen LogP contribution in [0.5, 0.6) is 0 Å². The molecule has 2 fully saturated rings. The first-order valence-electron chi connectivity index (χ1n) is 9.16. The molecule has 1 unspecified atom stereocenters. The van der Waals surface area contributed by atoms with E-state index in [-0.39, 0.29) is 18.4 Å². The molecule has 5 nitrogen and oxygen atoms in total. The second-order valence-corrected chi connectivity index (χ2v) is 7.31. The van der Waals surface area contributed by atoms with Gasteiger partial charge in [-0.15, -0.1) is 0 Å². The van der Waals surface area contributed by atoms with E-state index in [1.165, 1.54) is 12.8 Å². The Bertz CT molecular complexity index is 637. The predicted molar refractivity (Wildman–Crippen MR) is 99.9 cm³/mol. The van der Waals surface area contributed by atoms with Gasteiger partial charge >= 0.3 is 0 Å². The highest BCUT2D eigenvalue weighted by atomic mass is 35.5.